The van der Waals surface area contributed by atoms with Crippen LogP contribution in [0.2, 0.25) is 0 Å². The number of hydrogen-bond acceptors (Lipinski definition) is 2. The maximum atomic E-state index is 10.0. The summed E-state index contributed by atoms with van der Waals surface area (Å²) in [7, 11) is 0. The van der Waals surface area contributed by atoms with Gasteiger partial charge in [0.2, 0.25) is 0 Å². The van der Waals surface area contributed by atoms with Crippen LogP contribution in [-0.4, -0.2) is 12.1 Å². The van der Waals surface area contributed by atoms with E-state index in [0.29, 0.717) is 11.9 Å². The number of ketones is 1. The highest BCUT2D eigenvalue weighted by atomic mass is 16.1. The van der Waals surface area contributed by atoms with Crippen LogP contribution in [0.3, 0.4) is 0 Å². The smallest absolute Gasteiger partial charge is 0.154 e. The van der Waals surface area contributed by atoms with Crippen LogP contribution in [0.4, 0.5) is 0 Å². The van der Waals surface area contributed by atoms with Crippen LogP contribution in [0.25, 0.3) is 0 Å². The molecule has 0 radical (unpaired) electrons. The number of Topliss-reactive ketones (excluding diaryl/α,β-unsaturated/α-hetero) is 1. The van der Waals surface area contributed by atoms with Crippen LogP contribution < -0.4 is 0 Å². The Morgan fingerprint density at radius 3 is 1.60 bits per heavy atom. The Morgan fingerprint density at radius 2 is 1.60 bits per heavy atom. The van der Waals surface area contributed by atoms with Crippen LogP contribution in [0, 0.1) is 0 Å². The Kier molecular flexibility index (Phi) is 9.07. The second-order valence-corrected chi connectivity index (χ2v) is 1.71. The molecule has 0 amide bonds. The Labute approximate surface area is 61.2 Å². The zero-order chi connectivity index (χ0) is 8.57. The SMILES string of the molecule is C=C(C)C(C)=O.C=CC=O. The molecule has 56 valence electrons. The topological polar surface area (TPSA) is 34.1 Å². The van der Waals surface area contributed by atoms with Crippen LogP contribution in [0.1, 0.15) is 13.8 Å². The van der Waals surface area contributed by atoms with Gasteiger partial charge in [-0.2, -0.15) is 0 Å². The summed E-state index contributed by atoms with van der Waals surface area (Å²) in [5.74, 6) is 0.0648. The van der Waals surface area contributed by atoms with Crippen molar-refractivity contribution in [3.05, 3.63) is 24.8 Å². The summed E-state index contributed by atoms with van der Waals surface area (Å²) in [6.07, 6.45) is 1.83. The molecule has 0 bridgehead atoms. The van der Waals surface area contributed by atoms with E-state index in [2.05, 4.69) is 13.2 Å². The van der Waals surface area contributed by atoms with Gasteiger partial charge in [-0.15, -0.1) is 0 Å². The number of rotatable bonds is 2. The highest BCUT2D eigenvalue weighted by molar-refractivity contribution is 5.91. The van der Waals surface area contributed by atoms with E-state index < -0.39 is 0 Å². The van der Waals surface area contributed by atoms with E-state index in [9.17, 15) is 4.79 Å². The first-order valence-corrected chi connectivity index (χ1v) is 2.78. The molecule has 0 unspecified atom stereocenters. The van der Waals surface area contributed by atoms with Gasteiger partial charge in [0.05, 0.1) is 0 Å². The third-order valence-corrected chi connectivity index (χ3v) is 0.697. The van der Waals surface area contributed by atoms with Gasteiger partial charge in [0.1, 0.15) is 6.29 Å². The van der Waals surface area contributed by atoms with Crippen molar-refractivity contribution in [2.45, 2.75) is 13.8 Å². The monoisotopic (exact) mass is 140 g/mol. The lowest BCUT2D eigenvalue weighted by molar-refractivity contribution is -0.113. The van der Waals surface area contributed by atoms with Crippen molar-refractivity contribution in [3.8, 4) is 0 Å². The average molecular weight is 140 g/mol. The van der Waals surface area contributed by atoms with E-state index >= 15 is 0 Å². The molecule has 0 aliphatic rings. The van der Waals surface area contributed by atoms with E-state index in [1.54, 1.807) is 6.92 Å². The lowest BCUT2D eigenvalue weighted by Crippen LogP contribution is -1.86. The van der Waals surface area contributed by atoms with Gasteiger partial charge in [0.15, 0.2) is 5.78 Å². The Balaban J connectivity index is 0. The summed E-state index contributed by atoms with van der Waals surface area (Å²) in [6, 6.07) is 0. The van der Waals surface area contributed by atoms with Crippen molar-refractivity contribution >= 4 is 12.1 Å². The molecular weight excluding hydrogens is 128 g/mol. The summed E-state index contributed by atoms with van der Waals surface area (Å²) < 4.78 is 0. The summed E-state index contributed by atoms with van der Waals surface area (Å²) >= 11 is 0. The predicted molar refractivity (Wildman–Crippen MR) is 41.8 cm³/mol. The second-order valence-electron chi connectivity index (χ2n) is 1.71. The van der Waals surface area contributed by atoms with Gasteiger partial charge in [-0.05, 0) is 25.5 Å². The first-order valence-electron chi connectivity index (χ1n) is 2.78. The van der Waals surface area contributed by atoms with Crippen molar-refractivity contribution in [1.29, 1.82) is 0 Å². The molecule has 0 fully saturated rings. The second kappa shape index (κ2) is 7.82. The number of hydrogen-bond donors (Lipinski definition) is 0. The Bertz CT molecular complexity index is 127. The van der Waals surface area contributed by atoms with E-state index in [1.165, 1.54) is 13.0 Å². The molecule has 0 saturated carbocycles. The quantitative estimate of drug-likeness (QED) is 0.430. The zero-order valence-electron chi connectivity index (χ0n) is 6.39. The fourth-order valence-electron chi connectivity index (χ4n) is 0. The van der Waals surface area contributed by atoms with Crippen molar-refractivity contribution in [2.75, 3.05) is 0 Å². The summed E-state index contributed by atoms with van der Waals surface area (Å²) in [5, 5.41) is 0. The van der Waals surface area contributed by atoms with E-state index in [0.717, 1.165) is 0 Å². The normalized spacial score (nSPS) is 6.60. The van der Waals surface area contributed by atoms with Crippen LogP contribution in [0.15, 0.2) is 24.8 Å². The first-order chi connectivity index (χ1) is 4.56. The van der Waals surface area contributed by atoms with Gasteiger partial charge in [0, 0.05) is 0 Å². The molecule has 2 nitrogen and oxygen atoms in total. The highest BCUT2D eigenvalue weighted by Crippen LogP contribution is 1.84. The fraction of sp³-hybridized carbons (Fsp3) is 0.250. The maximum Gasteiger partial charge on any atom is 0.154 e. The van der Waals surface area contributed by atoms with E-state index in [-0.39, 0.29) is 5.78 Å². The van der Waals surface area contributed by atoms with Crippen molar-refractivity contribution in [3.63, 3.8) is 0 Å². The molecule has 0 aliphatic carbocycles. The van der Waals surface area contributed by atoms with Crippen LogP contribution in [-0.2, 0) is 9.59 Å². The molecule has 0 heterocycles. The van der Waals surface area contributed by atoms with Gasteiger partial charge in [0.25, 0.3) is 0 Å². The number of carbonyl (C=O) groups is 2. The Hall–Kier alpha value is -1.18. The molecule has 2 heteroatoms. The summed E-state index contributed by atoms with van der Waals surface area (Å²) in [6.45, 7) is 9.72. The minimum absolute atomic E-state index is 0.0648. The summed E-state index contributed by atoms with van der Waals surface area (Å²) in [4.78, 5) is 19.1. The molecule has 0 aromatic heterocycles. The fourth-order valence-corrected chi connectivity index (χ4v) is 0. The largest absolute Gasteiger partial charge is 0.299 e. The first kappa shape index (κ1) is 11.6. The average Bonchev–Trinajstić information content (AvgIpc) is 1.89. The molecule has 0 rings (SSSR count). The number of aldehydes is 1. The molecule has 10 heavy (non-hydrogen) atoms. The van der Waals surface area contributed by atoms with Crippen molar-refractivity contribution in [1.82, 2.24) is 0 Å². The molecule has 0 aromatic rings. The number of allylic oxidation sites excluding steroid dienone is 2. The van der Waals surface area contributed by atoms with Gasteiger partial charge in [-0.25, -0.2) is 0 Å². The minimum Gasteiger partial charge on any atom is -0.299 e. The molecule has 0 aliphatic heterocycles. The minimum atomic E-state index is 0.0648. The van der Waals surface area contributed by atoms with E-state index in [4.69, 9.17) is 4.79 Å². The van der Waals surface area contributed by atoms with Crippen LogP contribution >= 0.6 is 0 Å². The standard InChI is InChI=1S/C5H8O.C3H4O/c1-4(2)5(3)6;1-2-3-4/h1H2,2-3H3;2-3H,1H2. The molecule has 0 saturated heterocycles. The Morgan fingerprint density at radius 1 is 1.40 bits per heavy atom. The summed E-state index contributed by atoms with van der Waals surface area (Å²) in [5.41, 5.74) is 0.620. The molecule has 0 aromatic carbocycles. The lowest BCUT2D eigenvalue weighted by Gasteiger charge is -1.80. The van der Waals surface area contributed by atoms with Gasteiger partial charge in [-0.3, -0.25) is 9.59 Å². The van der Waals surface area contributed by atoms with Crippen LogP contribution in [0.5, 0.6) is 0 Å². The maximum absolute atomic E-state index is 10.0. The zero-order valence-corrected chi connectivity index (χ0v) is 6.39. The highest BCUT2D eigenvalue weighted by Gasteiger charge is 1.85. The third kappa shape index (κ3) is 15.8. The molecule has 0 N–H and O–H groups in total. The third-order valence-electron chi connectivity index (χ3n) is 0.697. The lowest BCUT2D eigenvalue weighted by atomic mass is 10.3. The number of carbonyl (C=O) groups excluding carboxylic acids is 2. The van der Waals surface area contributed by atoms with Crippen molar-refractivity contribution < 1.29 is 9.59 Å². The van der Waals surface area contributed by atoms with E-state index in [1.807, 2.05) is 0 Å². The van der Waals surface area contributed by atoms with Gasteiger partial charge in [-0.1, -0.05) is 13.2 Å². The van der Waals surface area contributed by atoms with Crippen molar-refractivity contribution in [2.24, 2.45) is 0 Å². The predicted octanol–water partition coefficient (Wildman–Crippen LogP) is 1.52. The van der Waals surface area contributed by atoms with Gasteiger partial charge >= 0.3 is 0 Å². The molecule has 0 spiro atoms. The molecular formula is C8H12O2. The van der Waals surface area contributed by atoms with Gasteiger partial charge < -0.3 is 0 Å². The molecule has 0 atom stereocenters.